The maximum atomic E-state index is 12.7. The topological polar surface area (TPSA) is 59.8 Å². The van der Waals surface area contributed by atoms with E-state index >= 15 is 0 Å². The number of aryl methyl sites for hydroxylation is 1. The quantitative estimate of drug-likeness (QED) is 0.768. The fourth-order valence-electron chi connectivity index (χ4n) is 3.43. The van der Waals surface area contributed by atoms with Crippen molar-refractivity contribution in [3.63, 3.8) is 0 Å². The Balaban J connectivity index is 1.71. The first kappa shape index (κ1) is 19.1. The first-order valence-corrected chi connectivity index (χ1v) is 10.6. The van der Waals surface area contributed by atoms with Crippen LogP contribution in [0, 0.1) is 13.8 Å². The number of hydrogen-bond acceptors (Lipinski definition) is 5. The van der Waals surface area contributed by atoms with Crippen molar-refractivity contribution in [2.45, 2.75) is 40.2 Å². The van der Waals surface area contributed by atoms with Gasteiger partial charge in [0.2, 0.25) is 0 Å². The Hall–Kier alpha value is -1.70. The molecule has 2 N–H and O–H groups in total. The van der Waals surface area contributed by atoms with Gasteiger partial charge in [0.25, 0.3) is 5.91 Å². The molecule has 2 aromatic heterocycles. The molecule has 0 saturated heterocycles. The van der Waals surface area contributed by atoms with E-state index in [9.17, 15) is 9.59 Å². The predicted molar refractivity (Wildman–Crippen MR) is 106 cm³/mol. The third-order valence-corrected chi connectivity index (χ3v) is 7.16. The van der Waals surface area contributed by atoms with Crippen molar-refractivity contribution in [2.75, 3.05) is 25.0 Å². The Kier molecular flexibility index (Phi) is 5.79. The van der Waals surface area contributed by atoms with Crippen LogP contribution in [0.2, 0.25) is 0 Å². The molecule has 0 spiro atoms. The molecule has 2 atom stereocenters. The molecular formula is C19H25N2O3S2+. The minimum atomic E-state index is -0.369. The van der Waals surface area contributed by atoms with Crippen LogP contribution in [0.5, 0.6) is 0 Å². The number of anilines is 1. The summed E-state index contributed by atoms with van der Waals surface area (Å²) in [5.74, 6) is -0.427. The average molecular weight is 394 g/mol. The van der Waals surface area contributed by atoms with Crippen LogP contribution in [0.25, 0.3) is 0 Å². The molecule has 140 valence electrons. The fraction of sp³-hybridized carbons (Fsp3) is 0.474. The number of nitrogens with one attached hydrogen (secondary N) is 2. The fourth-order valence-corrected chi connectivity index (χ4v) is 5.48. The predicted octanol–water partition coefficient (Wildman–Crippen LogP) is 2.74. The molecule has 7 heteroatoms. The summed E-state index contributed by atoms with van der Waals surface area (Å²) in [4.78, 5) is 28.6. The van der Waals surface area contributed by atoms with Gasteiger partial charge in [-0.25, -0.2) is 4.79 Å². The van der Waals surface area contributed by atoms with Gasteiger partial charge in [0, 0.05) is 21.7 Å². The molecule has 1 amide bonds. The Labute approximate surface area is 162 Å². The smallest absolute Gasteiger partial charge is 0.341 e. The number of carbonyl (C=O) groups excluding carboxylic acids is 2. The van der Waals surface area contributed by atoms with E-state index in [0.717, 1.165) is 23.4 Å². The number of thiophene rings is 2. The average Bonchev–Trinajstić information content (AvgIpc) is 3.16. The highest BCUT2D eigenvalue weighted by molar-refractivity contribution is 7.16. The summed E-state index contributed by atoms with van der Waals surface area (Å²) < 4.78 is 5.15. The van der Waals surface area contributed by atoms with Gasteiger partial charge in [-0.05, 0) is 44.7 Å². The molecule has 1 unspecified atom stereocenters. The SMILES string of the molecule is CCOC(=O)c1c(NC(=O)C[NH+]2CCc3sccc3[C@H]2C)sc(C)c1C. The van der Waals surface area contributed by atoms with E-state index in [0.29, 0.717) is 29.8 Å². The Morgan fingerprint density at radius 1 is 1.38 bits per heavy atom. The normalized spacial score (nSPS) is 19.1. The highest BCUT2D eigenvalue weighted by Gasteiger charge is 2.30. The number of rotatable bonds is 5. The molecule has 5 nitrogen and oxygen atoms in total. The largest absolute Gasteiger partial charge is 0.462 e. The monoisotopic (exact) mass is 393 g/mol. The minimum absolute atomic E-state index is 0.0580. The van der Waals surface area contributed by atoms with E-state index in [1.807, 2.05) is 13.8 Å². The van der Waals surface area contributed by atoms with Gasteiger partial charge < -0.3 is 15.0 Å². The molecule has 1 aliphatic heterocycles. The lowest BCUT2D eigenvalue weighted by Crippen LogP contribution is -3.14. The van der Waals surface area contributed by atoms with Gasteiger partial charge in [-0.2, -0.15) is 0 Å². The van der Waals surface area contributed by atoms with Crippen LogP contribution in [-0.2, 0) is 16.0 Å². The van der Waals surface area contributed by atoms with Crippen LogP contribution in [0.4, 0.5) is 5.00 Å². The summed E-state index contributed by atoms with van der Waals surface area (Å²) in [5.41, 5.74) is 2.73. The van der Waals surface area contributed by atoms with Gasteiger partial charge in [0.1, 0.15) is 11.0 Å². The van der Waals surface area contributed by atoms with Crippen molar-refractivity contribution in [3.05, 3.63) is 37.9 Å². The first-order valence-electron chi connectivity index (χ1n) is 8.90. The van der Waals surface area contributed by atoms with E-state index in [1.54, 1.807) is 18.3 Å². The van der Waals surface area contributed by atoms with Gasteiger partial charge in [-0.3, -0.25) is 4.79 Å². The molecule has 1 aliphatic rings. The molecule has 0 aromatic carbocycles. The third-order valence-electron chi connectivity index (χ3n) is 5.04. The zero-order valence-electron chi connectivity index (χ0n) is 15.6. The second kappa shape index (κ2) is 7.90. The molecule has 26 heavy (non-hydrogen) atoms. The first-order chi connectivity index (χ1) is 12.4. The van der Waals surface area contributed by atoms with Crippen molar-refractivity contribution in [1.82, 2.24) is 0 Å². The zero-order valence-corrected chi connectivity index (χ0v) is 17.2. The van der Waals surface area contributed by atoms with Crippen LogP contribution < -0.4 is 10.2 Å². The molecule has 2 aromatic rings. The molecular weight excluding hydrogens is 368 g/mol. The number of hydrogen-bond donors (Lipinski definition) is 2. The van der Waals surface area contributed by atoms with E-state index in [2.05, 4.69) is 23.7 Å². The maximum Gasteiger partial charge on any atom is 0.341 e. The van der Waals surface area contributed by atoms with Gasteiger partial charge in [0.15, 0.2) is 6.54 Å². The Morgan fingerprint density at radius 3 is 2.88 bits per heavy atom. The van der Waals surface area contributed by atoms with Gasteiger partial charge >= 0.3 is 5.97 Å². The number of ether oxygens (including phenoxy) is 1. The molecule has 0 saturated carbocycles. The van der Waals surface area contributed by atoms with Gasteiger partial charge in [0.05, 0.1) is 18.7 Å². The lowest BCUT2D eigenvalue weighted by atomic mass is 10.0. The summed E-state index contributed by atoms with van der Waals surface area (Å²) in [6.45, 7) is 9.47. The minimum Gasteiger partial charge on any atom is -0.462 e. The van der Waals surface area contributed by atoms with Crippen molar-refractivity contribution < 1.29 is 19.2 Å². The van der Waals surface area contributed by atoms with E-state index < -0.39 is 0 Å². The Morgan fingerprint density at radius 2 is 2.15 bits per heavy atom. The van der Waals surface area contributed by atoms with Gasteiger partial charge in [-0.15, -0.1) is 22.7 Å². The number of fused-ring (bicyclic) bond motifs is 1. The summed E-state index contributed by atoms with van der Waals surface area (Å²) in [7, 11) is 0. The summed E-state index contributed by atoms with van der Waals surface area (Å²) in [6.07, 6.45) is 1.02. The van der Waals surface area contributed by atoms with E-state index in [4.69, 9.17) is 4.74 Å². The molecule has 0 radical (unpaired) electrons. The van der Waals surface area contributed by atoms with Crippen molar-refractivity contribution in [3.8, 4) is 0 Å². The van der Waals surface area contributed by atoms with Crippen LogP contribution in [0.1, 0.15) is 51.1 Å². The Bertz CT molecular complexity index is 825. The molecule has 0 aliphatic carbocycles. The highest BCUT2D eigenvalue weighted by Crippen LogP contribution is 2.33. The molecule has 3 rings (SSSR count). The van der Waals surface area contributed by atoms with Crippen molar-refractivity contribution in [1.29, 1.82) is 0 Å². The van der Waals surface area contributed by atoms with Crippen molar-refractivity contribution in [2.24, 2.45) is 0 Å². The summed E-state index contributed by atoms with van der Waals surface area (Å²) in [5, 5.41) is 5.69. The second-order valence-corrected chi connectivity index (χ2v) is 8.84. The van der Waals surface area contributed by atoms with Crippen LogP contribution in [0.3, 0.4) is 0 Å². The summed E-state index contributed by atoms with van der Waals surface area (Å²) in [6, 6.07) is 2.49. The molecule has 3 heterocycles. The number of amides is 1. The summed E-state index contributed by atoms with van der Waals surface area (Å²) >= 11 is 3.24. The maximum absolute atomic E-state index is 12.7. The van der Waals surface area contributed by atoms with E-state index in [-0.39, 0.29) is 11.9 Å². The lowest BCUT2D eigenvalue weighted by Gasteiger charge is -2.29. The van der Waals surface area contributed by atoms with Crippen LogP contribution in [0.15, 0.2) is 11.4 Å². The highest BCUT2D eigenvalue weighted by atomic mass is 32.1. The third kappa shape index (κ3) is 3.70. The van der Waals surface area contributed by atoms with Gasteiger partial charge in [-0.1, -0.05) is 0 Å². The number of carbonyl (C=O) groups is 2. The zero-order chi connectivity index (χ0) is 18.8. The molecule has 0 fully saturated rings. The number of esters is 1. The van der Waals surface area contributed by atoms with Crippen molar-refractivity contribution >= 4 is 39.6 Å². The standard InChI is InChI=1S/C19H24N2O3S2/c1-5-24-19(23)17-11(2)13(4)26-18(17)20-16(22)10-21-8-6-15-14(12(21)3)7-9-25-15/h7,9,12H,5-6,8,10H2,1-4H3,(H,20,22)/p+1/t12-/m1/s1. The van der Waals surface area contributed by atoms with Crippen LogP contribution in [-0.4, -0.2) is 31.6 Å². The van der Waals surface area contributed by atoms with E-state index in [1.165, 1.54) is 26.7 Å². The number of quaternary nitrogens is 1. The molecule has 0 bridgehead atoms. The van der Waals surface area contributed by atoms with Crippen LogP contribution >= 0.6 is 22.7 Å². The second-order valence-electron chi connectivity index (χ2n) is 6.61. The lowest BCUT2D eigenvalue weighted by molar-refractivity contribution is -0.923.